The molecule has 2 heterocycles. The van der Waals surface area contributed by atoms with Crippen LogP contribution >= 0.6 is 15.9 Å². The van der Waals surface area contributed by atoms with Crippen molar-refractivity contribution in [3.63, 3.8) is 0 Å². The van der Waals surface area contributed by atoms with Crippen molar-refractivity contribution in [1.82, 2.24) is 20.0 Å². The highest BCUT2D eigenvalue weighted by Crippen LogP contribution is 2.26. The lowest BCUT2D eigenvalue weighted by molar-refractivity contribution is 0.126. The standard InChI is InChI=1S/C16H29BrN4/c1-6-12-15(17)13(21(7-2)19-12)10-20-9-8-18-14(11-20)16(3,4)5/h14,18H,6-11H2,1-5H3. The number of rotatable bonds is 4. The van der Waals surface area contributed by atoms with E-state index in [4.69, 9.17) is 5.10 Å². The van der Waals surface area contributed by atoms with Crippen LogP contribution in [-0.2, 0) is 19.5 Å². The molecule has 4 nitrogen and oxygen atoms in total. The summed E-state index contributed by atoms with van der Waals surface area (Å²) in [5.74, 6) is 0. The Morgan fingerprint density at radius 2 is 2.05 bits per heavy atom. The van der Waals surface area contributed by atoms with Crippen molar-refractivity contribution in [2.75, 3.05) is 19.6 Å². The van der Waals surface area contributed by atoms with Gasteiger partial charge in [0.15, 0.2) is 0 Å². The van der Waals surface area contributed by atoms with Crippen LogP contribution in [0.4, 0.5) is 0 Å². The minimum atomic E-state index is 0.301. The second-order valence-corrected chi connectivity index (χ2v) is 7.78. The van der Waals surface area contributed by atoms with Crippen molar-refractivity contribution < 1.29 is 0 Å². The number of hydrogen-bond donors (Lipinski definition) is 1. The predicted molar refractivity (Wildman–Crippen MR) is 91.5 cm³/mol. The van der Waals surface area contributed by atoms with Gasteiger partial charge in [0.1, 0.15) is 0 Å². The molecule has 0 aromatic carbocycles. The van der Waals surface area contributed by atoms with Crippen LogP contribution in [0.5, 0.6) is 0 Å². The molecule has 0 radical (unpaired) electrons. The summed E-state index contributed by atoms with van der Waals surface area (Å²) in [6.07, 6.45) is 0.979. The average Bonchev–Trinajstić information content (AvgIpc) is 2.75. The van der Waals surface area contributed by atoms with Crippen LogP contribution in [0.2, 0.25) is 0 Å². The lowest BCUT2D eigenvalue weighted by Gasteiger charge is -2.40. The Morgan fingerprint density at radius 1 is 1.33 bits per heavy atom. The van der Waals surface area contributed by atoms with Gasteiger partial charge < -0.3 is 5.32 Å². The summed E-state index contributed by atoms with van der Waals surface area (Å²) in [5.41, 5.74) is 2.80. The van der Waals surface area contributed by atoms with Crippen molar-refractivity contribution in [3.05, 3.63) is 15.9 Å². The summed E-state index contributed by atoms with van der Waals surface area (Å²) in [5, 5.41) is 8.37. The highest BCUT2D eigenvalue weighted by atomic mass is 79.9. The SMILES string of the molecule is CCc1nn(CC)c(CN2CCNC(C(C)(C)C)C2)c1Br. The van der Waals surface area contributed by atoms with E-state index in [1.807, 2.05) is 0 Å². The van der Waals surface area contributed by atoms with Gasteiger partial charge in [-0.1, -0.05) is 27.7 Å². The van der Waals surface area contributed by atoms with Crippen LogP contribution in [0.25, 0.3) is 0 Å². The Labute approximate surface area is 137 Å². The molecule has 1 N–H and O–H groups in total. The Hall–Kier alpha value is -0.390. The zero-order valence-corrected chi connectivity index (χ0v) is 15.6. The molecule has 120 valence electrons. The number of nitrogens with zero attached hydrogens (tertiary/aromatic N) is 3. The van der Waals surface area contributed by atoms with Gasteiger partial charge in [-0.2, -0.15) is 5.10 Å². The second kappa shape index (κ2) is 6.80. The fourth-order valence-electron chi connectivity index (χ4n) is 2.91. The number of nitrogens with one attached hydrogen (secondary N) is 1. The van der Waals surface area contributed by atoms with Crippen LogP contribution < -0.4 is 5.32 Å². The third-order valence-corrected chi connectivity index (χ3v) is 5.29. The first-order valence-electron chi connectivity index (χ1n) is 8.06. The Kier molecular flexibility index (Phi) is 5.49. The lowest BCUT2D eigenvalue weighted by Crippen LogP contribution is -2.55. The van der Waals surface area contributed by atoms with E-state index >= 15 is 0 Å². The summed E-state index contributed by atoms with van der Waals surface area (Å²) in [7, 11) is 0. The fourth-order valence-corrected chi connectivity index (χ4v) is 3.60. The van der Waals surface area contributed by atoms with Crippen molar-refractivity contribution in [1.29, 1.82) is 0 Å². The summed E-state index contributed by atoms with van der Waals surface area (Å²) in [6, 6.07) is 0.550. The van der Waals surface area contributed by atoms with E-state index in [1.54, 1.807) is 0 Å². The maximum absolute atomic E-state index is 4.71. The molecule has 0 spiro atoms. The Morgan fingerprint density at radius 3 is 2.62 bits per heavy atom. The van der Waals surface area contributed by atoms with Gasteiger partial charge in [-0.15, -0.1) is 0 Å². The van der Waals surface area contributed by atoms with E-state index in [0.717, 1.165) is 39.1 Å². The molecule has 1 aliphatic rings. The van der Waals surface area contributed by atoms with E-state index in [2.05, 4.69) is 65.4 Å². The molecule has 0 amide bonds. The van der Waals surface area contributed by atoms with E-state index < -0.39 is 0 Å². The van der Waals surface area contributed by atoms with Crippen LogP contribution in [0.3, 0.4) is 0 Å². The minimum Gasteiger partial charge on any atom is -0.311 e. The molecule has 0 saturated carbocycles. The molecular weight excluding hydrogens is 328 g/mol. The molecular formula is C16H29BrN4. The average molecular weight is 357 g/mol. The van der Waals surface area contributed by atoms with Crippen molar-refractivity contribution in [2.24, 2.45) is 5.41 Å². The lowest BCUT2D eigenvalue weighted by atomic mass is 9.85. The van der Waals surface area contributed by atoms with Crippen LogP contribution in [-0.4, -0.2) is 40.4 Å². The van der Waals surface area contributed by atoms with Gasteiger partial charge in [0.2, 0.25) is 0 Å². The summed E-state index contributed by atoms with van der Waals surface area (Å²) < 4.78 is 3.36. The number of aromatic nitrogens is 2. The molecule has 0 aliphatic carbocycles. The monoisotopic (exact) mass is 356 g/mol. The predicted octanol–water partition coefficient (Wildman–Crippen LogP) is 3.05. The highest BCUT2D eigenvalue weighted by molar-refractivity contribution is 9.10. The van der Waals surface area contributed by atoms with Gasteiger partial charge in [0, 0.05) is 38.8 Å². The summed E-state index contributed by atoms with van der Waals surface area (Å²) >= 11 is 3.76. The minimum absolute atomic E-state index is 0.301. The van der Waals surface area contributed by atoms with Crippen molar-refractivity contribution >= 4 is 15.9 Å². The Balaban J connectivity index is 2.13. The number of hydrogen-bond acceptors (Lipinski definition) is 3. The normalized spacial score (nSPS) is 21.0. The summed E-state index contributed by atoms with van der Waals surface area (Å²) in [4.78, 5) is 2.56. The molecule has 21 heavy (non-hydrogen) atoms. The van der Waals surface area contributed by atoms with E-state index in [0.29, 0.717) is 11.5 Å². The molecule has 1 saturated heterocycles. The summed E-state index contributed by atoms with van der Waals surface area (Å²) in [6.45, 7) is 16.5. The first kappa shape index (κ1) is 17.0. The number of aryl methyl sites for hydroxylation is 2. The van der Waals surface area contributed by atoms with Gasteiger partial charge in [0.25, 0.3) is 0 Å². The van der Waals surface area contributed by atoms with Gasteiger partial charge >= 0.3 is 0 Å². The molecule has 1 atom stereocenters. The Bertz CT molecular complexity index is 475. The van der Waals surface area contributed by atoms with Crippen molar-refractivity contribution in [2.45, 2.75) is 60.2 Å². The van der Waals surface area contributed by atoms with Gasteiger partial charge in [-0.25, -0.2) is 0 Å². The molecule has 1 aromatic rings. The molecule has 5 heteroatoms. The first-order valence-corrected chi connectivity index (χ1v) is 8.85. The first-order chi connectivity index (χ1) is 9.86. The number of halogens is 1. The van der Waals surface area contributed by atoms with Gasteiger partial charge in [0.05, 0.1) is 15.9 Å². The van der Waals surface area contributed by atoms with Crippen LogP contribution in [0.1, 0.15) is 46.0 Å². The molecule has 1 aliphatic heterocycles. The highest BCUT2D eigenvalue weighted by Gasteiger charge is 2.30. The molecule has 1 unspecified atom stereocenters. The third kappa shape index (κ3) is 3.88. The fraction of sp³-hybridized carbons (Fsp3) is 0.812. The van der Waals surface area contributed by atoms with E-state index in [-0.39, 0.29) is 0 Å². The topological polar surface area (TPSA) is 33.1 Å². The molecule has 0 bridgehead atoms. The van der Waals surface area contributed by atoms with Crippen molar-refractivity contribution in [3.8, 4) is 0 Å². The zero-order valence-electron chi connectivity index (χ0n) is 14.0. The smallest absolute Gasteiger partial charge is 0.0767 e. The van der Waals surface area contributed by atoms with Gasteiger partial charge in [-0.05, 0) is 34.7 Å². The molecule has 1 fully saturated rings. The molecule has 2 rings (SSSR count). The van der Waals surface area contributed by atoms with E-state index in [9.17, 15) is 0 Å². The largest absolute Gasteiger partial charge is 0.311 e. The number of piperazine rings is 1. The maximum atomic E-state index is 4.71. The second-order valence-electron chi connectivity index (χ2n) is 6.98. The zero-order chi connectivity index (χ0) is 15.6. The van der Waals surface area contributed by atoms with Gasteiger partial charge in [-0.3, -0.25) is 9.58 Å². The van der Waals surface area contributed by atoms with Crippen LogP contribution in [0, 0.1) is 5.41 Å². The third-order valence-electron chi connectivity index (χ3n) is 4.37. The quantitative estimate of drug-likeness (QED) is 0.899. The molecule has 1 aromatic heterocycles. The maximum Gasteiger partial charge on any atom is 0.0767 e. The van der Waals surface area contributed by atoms with Crippen LogP contribution in [0.15, 0.2) is 4.47 Å². The van der Waals surface area contributed by atoms with E-state index in [1.165, 1.54) is 15.9 Å².